The van der Waals surface area contributed by atoms with E-state index in [-0.39, 0.29) is 19.0 Å². The number of nitrogens with zero attached hydrogens (tertiary/aromatic N) is 2. The van der Waals surface area contributed by atoms with E-state index in [0.29, 0.717) is 6.54 Å². The number of ether oxygens (including phenoxy) is 1. The third kappa shape index (κ3) is 5.14. The van der Waals surface area contributed by atoms with Crippen LogP contribution in [0, 0.1) is 0 Å². The molecule has 0 spiro atoms. The lowest BCUT2D eigenvalue weighted by molar-refractivity contribution is 0.0185. The van der Waals surface area contributed by atoms with E-state index < -0.39 is 19.6 Å². The van der Waals surface area contributed by atoms with Crippen molar-refractivity contribution in [3.05, 3.63) is 18.2 Å². The van der Waals surface area contributed by atoms with E-state index >= 15 is 0 Å². The van der Waals surface area contributed by atoms with E-state index in [1.807, 2.05) is 0 Å². The van der Waals surface area contributed by atoms with Crippen LogP contribution < -0.4 is 5.32 Å². The molecule has 0 aliphatic rings. The van der Waals surface area contributed by atoms with Gasteiger partial charge in [0.05, 0.1) is 13.2 Å². The Morgan fingerprint density at radius 2 is 2.12 bits per heavy atom. The fourth-order valence-electron chi connectivity index (χ4n) is 1.18. The van der Waals surface area contributed by atoms with Gasteiger partial charge < -0.3 is 10.1 Å². The number of alkyl halides is 4. The number of imidazole rings is 1. The number of hydrogen-bond donors (Lipinski definition) is 1. The van der Waals surface area contributed by atoms with E-state index in [1.165, 1.54) is 12.4 Å². The highest BCUT2D eigenvalue weighted by Gasteiger charge is 2.10. The molecule has 1 rings (SSSR count). The molecule has 0 bridgehead atoms. The standard InChI is InChI=1S/C9H13F4N3O/c10-7(11)6-17-4-2-14-5-8-15-1-3-16(8)9(12)13/h1,3,7,9,14H,2,4-6H2. The molecule has 98 valence electrons. The largest absolute Gasteiger partial charge is 0.374 e. The zero-order valence-electron chi connectivity index (χ0n) is 8.95. The van der Waals surface area contributed by atoms with Gasteiger partial charge in [0.1, 0.15) is 12.4 Å². The van der Waals surface area contributed by atoms with Crippen LogP contribution in [0.2, 0.25) is 0 Å². The monoisotopic (exact) mass is 255 g/mol. The molecule has 0 aliphatic heterocycles. The van der Waals surface area contributed by atoms with Crippen molar-refractivity contribution < 1.29 is 22.3 Å². The summed E-state index contributed by atoms with van der Waals surface area (Å²) in [6.45, 7) is -2.73. The highest BCUT2D eigenvalue weighted by molar-refractivity contribution is 4.92. The SMILES string of the molecule is FC(F)COCCNCc1nccn1C(F)F. The van der Waals surface area contributed by atoms with E-state index in [2.05, 4.69) is 15.0 Å². The lowest BCUT2D eigenvalue weighted by atomic mass is 10.5. The van der Waals surface area contributed by atoms with Crippen LogP contribution in [0.3, 0.4) is 0 Å². The van der Waals surface area contributed by atoms with Crippen molar-refractivity contribution in [1.82, 2.24) is 14.9 Å². The van der Waals surface area contributed by atoms with Gasteiger partial charge in [0.2, 0.25) is 0 Å². The molecular formula is C9H13F4N3O. The van der Waals surface area contributed by atoms with Gasteiger partial charge in [-0.15, -0.1) is 0 Å². The van der Waals surface area contributed by atoms with E-state index in [0.717, 1.165) is 4.57 Å². The third-order valence-corrected chi connectivity index (χ3v) is 1.91. The Kier molecular flexibility index (Phi) is 5.92. The van der Waals surface area contributed by atoms with Crippen molar-refractivity contribution in [2.45, 2.75) is 19.5 Å². The molecule has 1 N–H and O–H groups in total. The van der Waals surface area contributed by atoms with Gasteiger partial charge in [0.25, 0.3) is 6.43 Å². The first-order chi connectivity index (χ1) is 8.11. The number of aromatic nitrogens is 2. The lowest BCUT2D eigenvalue weighted by Crippen LogP contribution is -2.22. The topological polar surface area (TPSA) is 39.1 Å². The molecule has 0 saturated heterocycles. The van der Waals surface area contributed by atoms with Crippen LogP contribution in [-0.2, 0) is 11.3 Å². The Balaban J connectivity index is 2.16. The lowest BCUT2D eigenvalue weighted by Gasteiger charge is -2.08. The second kappa shape index (κ2) is 7.23. The van der Waals surface area contributed by atoms with Crippen LogP contribution in [0.1, 0.15) is 12.4 Å². The summed E-state index contributed by atoms with van der Waals surface area (Å²) in [4.78, 5) is 3.74. The average molecular weight is 255 g/mol. The highest BCUT2D eigenvalue weighted by Crippen LogP contribution is 2.11. The van der Waals surface area contributed by atoms with Gasteiger partial charge in [0, 0.05) is 18.9 Å². The molecule has 4 nitrogen and oxygen atoms in total. The van der Waals surface area contributed by atoms with Crippen LogP contribution in [0.4, 0.5) is 17.6 Å². The van der Waals surface area contributed by atoms with Gasteiger partial charge in [-0.3, -0.25) is 4.57 Å². The van der Waals surface area contributed by atoms with Gasteiger partial charge in [-0.25, -0.2) is 13.8 Å². The highest BCUT2D eigenvalue weighted by atomic mass is 19.3. The first-order valence-corrected chi connectivity index (χ1v) is 4.97. The molecule has 1 heterocycles. The molecular weight excluding hydrogens is 242 g/mol. The van der Waals surface area contributed by atoms with Gasteiger partial charge in [0.15, 0.2) is 0 Å². The summed E-state index contributed by atoms with van der Waals surface area (Å²) in [5.41, 5.74) is 0. The molecule has 1 aromatic heterocycles. The molecule has 0 atom stereocenters. The summed E-state index contributed by atoms with van der Waals surface area (Å²) < 4.78 is 53.4. The molecule has 17 heavy (non-hydrogen) atoms. The molecule has 0 aliphatic carbocycles. The van der Waals surface area contributed by atoms with E-state index in [9.17, 15) is 17.6 Å². The zero-order chi connectivity index (χ0) is 12.7. The molecule has 0 unspecified atom stereocenters. The Morgan fingerprint density at radius 1 is 1.35 bits per heavy atom. The smallest absolute Gasteiger partial charge is 0.319 e. The molecule has 1 aromatic rings. The predicted molar refractivity (Wildman–Crippen MR) is 52.0 cm³/mol. The molecule has 0 saturated carbocycles. The molecule has 0 fully saturated rings. The van der Waals surface area contributed by atoms with Crippen molar-refractivity contribution in [3.63, 3.8) is 0 Å². The van der Waals surface area contributed by atoms with Crippen molar-refractivity contribution in [3.8, 4) is 0 Å². The number of rotatable bonds is 8. The first kappa shape index (κ1) is 13.9. The third-order valence-electron chi connectivity index (χ3n) is 1.91. The molecule has 0 amide bonds. The Bertz CT molecular complexity index is 319. The van der Waals surface area contributed by atoms with E-state index in [4.69, 9.17) is 0 Å². The summed E-state index contributed by atoms with van der Waals surface area (Å²) in [6, 6.07) is 0. The maximum absolute atomic E-state index is 12.4. The summed E-state index contributed by atoms with van der Waals surface area (Å²) >= 11 is 0. The fourth-order valence-corrected chi connectivity index (χ4v) is 1.18. The second-order valence-electron chi connectivity index (χ2n) is 3.17. The van der Waals surface area contributed by atoms with Crippen molar-refractivity contribution in [2.75, 3.05) is 19.8 Å². The van der Waals surface area contributed by atoms with Gasteiger partial charge in [-0.2, -0.15) is 8.78 Å². The second-order valence-corrected chi connectivity index (χ2v) is 3.17. The molecule has 0 aromatic carbocycles. The van der Waals surface area contributed by atoms with Crippen LogP contribution in [0.15, 0.2) is 12.4 Å². The average Bonchev–Trinajstić information content (AvgIpc) is 2.71. The predicted octanol–water partition coefficient (Wildman–Crippen LogP) is 1.65. The Morgan fingerprint density at radius 3 is 2.76 bits per heavy atom. The van der Waals surface area contributed by atoms with Gasteiger partial charge >= 0.3 is 6.55 Å². The van der Waals surface area contributed by atoms with Crippen molar-refractivity contribution in [1.29, 1.82) is 0 Å². The molecule has 8 heteroatoms. The van der Waals surface area contributed by atoms with Crippen LogP contribution in [-0.4, -0.2) is 35.7 Å². The quantitative estimate of drug-likeness (QED) is 0.567. The minimum atomic E-state index is -2.63. The normalized spacial score (nSPS) is 11.6. The summed E-state index contributed by atoms with van der Waals surface area (Å²) in [7, 11) is 0. The van der Waals surface area contributed by atoms with Gasteiger partial charge in [-0.05, 0) is 0 Å². The number of nitrogens with one attached hydrogen (secondary N) is 1. The van der Waals surface area contributed by atoms with Crippen LogP contribution in [0.5, 0.6) is 0 Å². The fraction of sp³-hybridized carbons (Fsp3) is 0.667. The number of halogens is 4. The van der Waals surface area contributed by atoms with Crippen molar-refractivity contribution in [2.24, 2.45) is 0 Å². The maximum atomic E-state index is 12.4. The minimum Gasteiger partial charge on any atom is -0.374 e. The van der Waals surface area contributed by atoms with Gasteiger partial charge in [-0.1, -0.05) is 0 Å². The summed E-state index contributed by atoms with van der Waals surface area (Å²) in [5.74, 6) is 0.189. The summed E-state index contributed by atoms with van der Waals surface area (Å²) in [5, 5.41) is 2.77. The maximum Gasteiger partial charge on any atom is 0.319 e. The Labute approximate surface area is 95.6 Å². The zero-order valence-corrected chi connectivity index (χ0v) is 8.95. The number of hydrogen-bond acceptors (Lipinski definition) is 3. The first-order valence-electron chi connectivity index (χ1n) is 4.97. The van der Waals surface area contributed by atoms with Crippen molar-refractivity contribution >= 4 is 0 Å². The van der Waals surface area contributed by atoms with Crippen LogP contribution in [0.25, 0.3) is 0 Å². The minimum absolute atomic E-state index is 0.0970. The summed E-state index contributed by atoms with van der Waals surface area (Å²) in [6.07, 6.45) is -0.0430. The Hall–Kier alpha value is -1.15. The molecule has 0 radical (unpaired) electrons. The van der Waals surface area contributed by atoms with Crippen LogP contribution >= 0.6 is 0 Å². The van der Waals surface area contributed by atoms with E-state index in [1.54, 1.807) is 0 Å².